The van der Waals surface area contributed by atoms with Gasteiger partial charge in [0.15, 0.2) is 5.82 Å². The fraction of sp³-hybridized carbons (Fsp3) is 0.0870. The van der Waals surface area contributed by atoms with Gasteiger partial charge in [-0.3, -0.25) is 0 Å². The number of anilines is 2. The Labute approximate surface area is 190 Å². The van der Waals surface area contributed by atoms with Crippen molar-refractivity contribution in [3.63, 3.8) is 0 Å². The van der Waals surface area contributed by atoms with Gasteiger partial charge in [-0.2, -0.15) is 0 Å². The summed E-state index contributed by atoms with van der Waals surface area (Å²) in [5, 5.41) is 3.95. The maximum atomic E-state index is 15.4. The Balaban J connectivity index is 1.69. The fourth-order valence-electron chi connectivity index (χ4n) is 3.24. The quantitative estimate of drug-likeness (QED) is 0.377. The smallest absolute Gasteiger partial charge is 0.222 e. The molecule has 1 heterocycles. The zero-order valence-electron chi connectivity index (χ0n) is 17.4. The van der Waals surface area contributed by atoms with Crippen molar-refractivity contribution in [1.29, 1.82) is 0 Å². The van der Waals surface area contributed by atoms with Gasteiger partial charge < -0.3 is 14.8 Å². The molecule has 0 saturated heterocycles. The third-order valence-corrected chi connectivity index (χ3v) is 6.75. The van der Waals surface area contributed by atoms with Gasteiger partial charge in [0.25, 0.3) is 0 Å². The molecule has 4 aromatic rings. The van der Waals surface area contributed by atoms with Crippen LogP contribution in [-0.2, 0) is 9.71 Å². The molecule has 2 N–H and O–H groups in total. The molecule has 1 atom stereocenters. The van der Waals surface area contributed by atoms with Crippen LogP contribution < -0.4 is 14.8 Å². The first kappa shape index (κ1) is 21.9. The summed E-state index contributed by atoms with van der Waals surface area (Å²) in [5.41, 5.74) is 1.79. The van der Waals surface area contributed by atoms with Gasteiger partial charge in [-0.25, -0.2) is 18.6 Å². The lowest BCUT2D eigenvalue weighted by molar-refractivity contribution is 0.414. The van der Waals surface area contributed by atoms with Crippen molar-refractivity contribution in [2.24, 2.45) is 0 Å². The van der Waals surface area contributed by atoms with Crippen LogP contribution in [0, 0.1) is 5.82 Å². The Hall–Kier alpha value is -3.36. The number of fused-ring (bicyclic) bond motifs is 1. The van der Waals surface area contributed by atoms with Gasteiger partial charge in [0.05, 0.1) is 37.9 Å². The second-order valence-corrected chi connectivity index (χ2v) is 9.39. The standard InChI is InChI=1S/C23H20ClFN4O2S/c1-26-23-27-13-15-11-14(7-9-19(15)28-23)17-5-4-6-20(22(17)25)29-32(3,30)16-8-10-21(31-2)18(24)12-16/h4-13H,3H2,1-2H3,(H,29,30)(H,26,27,28). The first-order valence-corrected chi connectivity index (χ1v) is 11.6. The zero-order valence-corrected chi connectivity index (χ0v) is 18.9. The molecule has 1 unspecified atom stereocenters. The molecule has 0 aliphatic carbocycles. The van der Waals surface area contributed by atoms with Gasteiger partial charge >= 0.3 is 0 Å². The average Bonchev–Trinajstić information content (AvgIpc) is 2.79. The van der Waals surface area contributed by atoms with Crippen LogP contribution in [0.4, 0.5) is 16.0 Å². The maximum Gasteiger partial charge on any atom is 0.222 e. The van der Waals surface area contributed by atoms with E-state index in [1.54, 1.807) is 49.6 Å². The van der Waals surface area contributed by atoms with Gasteiger partial charge in [0.2, 0.25) is 5.95 Å². The van der Waals surface area contributed by atoms with E-state index in [4.69, 9.17) is 16.3 Å². The van der Waals surface area contributed by atoms with Crippen molar-refractivity contribution in [1.82, 2.24) is 9.97 Å². The summed E-state index contributed by atoms with van der Waals surface area (Å²) in [6.07, 6.45) is 1.67. The van der Waals surface area contributed by atoms with Crippen molar-refractivity contribution in [2.75, 3.05) is 24.2 Å². The topological polar surface area (TPSA) is 76.1 Å². The van der Waals surface area contributed by atoms with Crippen LogP contribution in [0.1, 0.15) is 0 Å². The average molecular weight is 471 g/mol. The first-order valence-electron chi connectivity index (χ1n) is 9.54. The second-order valence-electron chi connectivity index (χ2n) is 6.96. The Morgan fingerprint density at radius 3 is 2.69 bits per heavy atom. The Morgan fingerprint density at radius 1 is 1.16 bits per heavy atom. The highest BCUT2D eigenvalue weighted by Gasteiger charge is 2.16. The zero-order chi connectivity index (χ0) is 22.9. The van der Waals surface area contributed by atoms with Gasteiger partial charge in [-0.1, -0.05) is 29.8 Å². The minimum Gasteiger partial charge on any atom is -0.495 e. The number of halogens is 2. The molecule has 6 nitrogen and oxygen atoms in total. The summed E-state index contributed by atoms with van der Waals surface area (Å²) in [6.45, 7) is 0. The first-order chi connectivity index (χ1) is 15.3. The molecular weight excluding hydrogens is 451 g/mol. The molecule has 0 radical (unpaired) electrons. The fourth-order valence-corrected chi connectivity index (χ4v) is 4.79. The van der Waals surface area contributed by atoms with Crippen LogP contribution in [0.25, 0.3) is 22.0 Å². The monoisotopic (exact) mass is 470 g/mol. The van der Waals surface area contributed by atoms with E-state index in [2.05, 4.69) is 25.9 Å². The van der Waals surface area contributed by atoms with Crippen LogP contribution in [0.2, 0.25) is 5.02 Å². The van der Waals surface area contributed by atoms with Crippen molar-refractivity contribution in [2.45, 2.75) is 4.90 Å². The van der Waals surface area contributed by atoms with Crippen molar-refractivity contribution < 1.29 is 13.3 Å². The number of nitrogens with zero attached hydrogens (tertiary/aromatic N) is 2. The third kappa shape index (κ3) is 4.19. The number of nitrogens with one attached hydrogen (secondary N) is 2. The minimum absolute atomic E-state index is 0.0660. The number of aromatic nitrogens is 2. The van der Waals surface area contributed by atoms with Crippen molar-refractivity contribution >= 4 is 49.7 Å². The van der Waals surface area contributed by atoms with E-state index in [0.29, 0.717) is 27.7 Å². The molecule has 9 heteroatoms. The summed E-state index contributed by atoms with van der Waals surface area (Å²) < 4.78 is 36.5. The van der Waals surface area contributed by atoms with E-state index < -0.39 is 15.5 Å². The third-order valence-electron chi connectivity index (χ3n) is 4.89. The Bertz CT molecular complexity index is 1430. The molecule has 1 aromatic heterocycles. The number of methoxy groups -OCH3 is 1. The predicted molar refractivity (Wildman–Crippen MR) is 130 cm³/mol. The Morgan fingerprint density at radius 2 is 1.97 bits per heavy atom. The maximum absolute atomic E-state index is 15.4. The number of ether oxygens (including phenoxy) is 1. The van der Waals surface area contributed by atoms with E-state index in [0.717, 1.165) is 10.9 Å². The Kier molecular flexibility index (Phi) is 5.90. The molecule has 0 spiro atoms. The van der Waals surface area contributed by atoms with E-state index in [-0.39, 0.29) is 10.7 Å². The molecule has 0 aliphatic rings. The highest BCUT2D eigenvalue weighted by atomic mass is 35.5. The lowest BCUT2D eigenvalue weighted by Crippen LogP contribution is -2.14. The number of hydrogen-bond donors (Lipinski definition) is 2. The largest absolute Gasteiger partial charge is 0.495 e. The minimum atomic E-state index is -3.08. The summed E-state index contributed by atoms with van der Waals surface area (Å²) in [6, 6.07) is 14.9. The molecule has 0 amide bonds. The molecule has 0 aliphatic heterocycles. The van der Waals surface area contributed by atoms with E-state index in [9.17, 15) is 4.21 Å². The van der Waals surface area contributed by atoms with Gasteiger partial charge in [0, 0.05) is 24.2 Å². The molecule has 0 bridgehead atoms. The van der Waals surface area contributed by atoms with Crippen LogP contribution >= 0.6 is 11.6 Å². The van der Waals surface area contributed by atoms with Crippen LogP contribution in [0.15, 0.2) is 65.7 Å². The second kappa shape index (κ2) is 8.64. The van der Waals surface area contributed by atoms with E-state index >= 15 is 4.39 Å². The lowest BCUT2D eigenvalue weighted by atomic mass is 10.0. The number of rotatable bonds is 6. The highest BCUT2D eigenvalue weighted by molar-refractivity contribution is 8.01. The number of hydrogen-bond acceptors (Lipinski definition) is 5. The van der Waals surface area contributed by atoms with Crippen LogP contribution in [0.3, 0.4) is 0 Å². The molecule has 164 valence electrons. The van der Waals surface area contributed by atoms with Crippen LogP contribution in [-0.4, -0.2) is 34.2 Å². The molecule has 4 rings (SSSR count). The highest BCUT2D eigenvalue weighted by Crippen LogP contribution is 2.32. The SMILES string of the molecule is C=S(=O)(Nc1cccc(-c2ccc3nc(NC)ncc3c2)c1F)c1ccc(OC)c(Cl)c1. The number of benzene rings is 3. The predicted octanol–water partition coefficient (Wildman–Crippen LogP) is 5.24. The van der Waals surface area contributed by atoms with Crippen molar-refractivity contribution in [3.8, 4) is 16.9 Å². The molecular formula is C23H20ClFN4O2S. The van der Waals surface area contributed by atoms with Crippen molar-refractivity contribution in [3.05, 3.63) is 71.6 Å². The molecule has 3 aromatic carbocycles. The summed E-state index contributed by atoms with van der Waals surface area (Å²) in [7, 11) is 0.145. The summed E-state index contributed by atoms with van der Waals surface area (Å²) in [5.74, 6) is 4.17. The van der Waals surface area contributed by atoms with E-state index in [1.165, 1.54) is 19.2 Å². The lowest BCUT2D eigenvalue weighted by Gasteiger charge is -2.16. The summed E-state index contributed by atoms with van der Waals surface area (Å²) >= 11 is 6.15. The molecule has 0 fully saturated rings. The van der Waals surface area contributed by atoms with Crippen LogP contribution in [0.5, 0.6) is 5.75 Å². The van der Waals surface area contributed by atoms with Gasteiger partial charge in [0.1, 0.15) is 5.75 Å². The molecule has 0 saturated carbocycles. The normalized spacial score (nSPS) is 12.9. The molecule has 32 heavy (non-hydrogen) atoms. The van der Waals surface area contributed by atoms with E-state index in [1.807, 2.05) is 6.07 Å². The summed E-state index contributed by atoms with van der Waals surface area (Å²) in [4.78, 5) is 8.91. The van der Waals surface area contributed by atoms with Gasteiger partial charge in [-0.05, 0) is 47.8 Å². The van der Waals surface area contributed by atoms with Gasteiger partial charge in [-0.15, -0.1) is 0 Å².